The van der Waals surface area contributed by atoms with Crippen LogP contribution >= 0.6 is 11.8 Å². The minimum absolute atomic E-state index is 0.0654. The van der Waals surface area contributed by atoms with Gasteiger partial charge in [0.15, 0.2) is 11.6 Å². The minimum Gasteiger partial charge on any atom is -0.395 e. The molecule has 0 aliphatic rings. The molecule has 2 rings (SSSR count). The lowest BCUT2D eigenvalue weighted by Crippen LogP contribution is -1.85. The van der Waals surface area contributed by atoms with Crippen molar-refractivity contribution in [3.8, 4) is 11.8 Å². The molecule has 0 bridgehead atoms. The molecule has 0 fully saturated rings. The van der Waals surface area contributed by atoms with Crippen LogP contribution in [0.25, 0.3) is 0 Å². The molecule has 108 valence electrons. The van der Waals surface area contributed by atoms with Crippen molar-refractivity contribution in [2.75, 3.05) is 6.61 Å². The number of hydrogen-bond acceptors (Lipinski definition) is 2. The van der Waals surface area contributed by atoms with Gasteiger partial charge in [0, 0.05) is 22.6 Å². The first-order chi connectivity index (χ1) is 10.2. The Morgan fingerprint density at radius 1 is 1.00 bits per heavy atom. The zero-order valence-electron chi connectivity index (χ0n) is 11.3. The highest BCUT2D eigenvalue weighted by Gasteiger charge is 2.03. The largest absolute Gasteiger partial charge is 0.395 e. The number of hydrogen-bond donors (Lipinski definition) is 1. The maximum Gasteiger partial charge on any atom is 0.159 e. The van der Waals surface area contributed by atoms with Gasteiger partial charge in [0.05, 0.1) is 6.61 Å². The molecule has 0 atom stereocenters. The van der Waals surface area contributed by atoms with E-state index >= 15 is 0 Å². The van der Waals surface area contributed by atoms with Crippen LogP contribution in [-0.2, 0) is 5.75 Å². The summed E-state index contributed by atoms with van der Waals surface area (Å²) in [6.07, 6.45) is 0.466. The van der Waals surface area contributed by atoms with Gasteiger partial charge in [-0.2, -0.15) is 0 Å². The van der Waals surface area contributed by atoms with Gasteiger partial charge in [0.2, 0.25) is 0 Å². The highest BCUT2D eigenvalue weighted by atomic mass is 32.2. The average molecular weight is 304 g/mol. The van der Waals surface area contributed by atoms with E-state index < -0.39 is 11.6 Å². The third-order valence-corrected chi connectivity index (χ3v) is 3.78. The smallest absolute Gasteiger partial charge is 0.159 e. The topological polar surface area (TPSA) is 20.2 Å². The van der Waals surface area contributed by atoms with Crippen LogP contribution in [0.1, 0.15) is 17.5 Å². The fourth-order valence-electron chi connectivity index (χ4n) is 1.64. The Morgan fingerprint density at radius 3 is 2.43 bits per heavy atom. The first-order valence-electron chi connectivity index (χ1n) is 6.45. The summed E-state index contributed by atoms with van der Waals surface area (Å²) in [7, 11) is 0. The van der Waals surface area contributed by atoms with E-state index in [-0.39, 0.29) is 6.61 Å². The van der Waals surface area contributed by atoms with Gasteiger partial charge in [-0.25, -0.2) is 8.78 Å². The van der Waals surface area contributed by atoms with E-state index in [1.54, 1.807) is 6.07 Å². The molecule has 0 unspecified atom stereocenters. The van der Waals surface area contributed by atoms with Crippen LogP contribution in [0, 0.1) is 23.5 Å². The SMILES string of the molecule is OCCC#Cc1ccc(CSc2ccc(F)c(F)c2)cc1. The standard InChI is InChI=1S/C17H14F2OS/c18-16-9-8-15(11-17(16)19)21-12-14-6-4-13(5-7-14)3-1-2-10-20/h4-9,11,20H,2,10,12H2. The average Bonchev–Trinajstić information content (AvgIpc) is 2.50. The minimum atomic E-state index is -0.829. The van der Waals surface area contributed by atoms with Gasteiger partial charge in [-0.15, -0.1) is 11.8 Å². The lowest BCUT2D eigenvalue weighted by atomic mass is 10.1. The normalized spacial score (nSPS) is 10.0. The fourth-order valence-corrected chi connectivity index (χ4v) is 2.51. The van der Waals surface area contributed by atoms with Crippen molar-refractivity contribution in [1.82, 2.24) is 0 Å². The highest BCUT2D eigenvalue weighted by molar-refractivity contribution is 7.98. The molecule has 0 aliphatic heterocycles. The molecule has 0 saturated carbocycles. The van der Waals surface area contributed by atoms with Crippen LogP contribution in [0.15, 0.2) is 47.4 Å². The molecule has 0 saturated heterocycles. The summed E-state index contributed by atoms with van der Waals surface area (Å²) in [6.45, 7) is 0.0654. The highest BCUT2D eigenvalue weighted by Crippen LogP contribution is 2.24. The molecular formula is C17H14F2OS. The Morgan fingerprint density at radius 2 is 1.76 bits per heavy atom. The van der Waals surface area contributed by atoms with Crippen molar-refractivity contribution >= 4 is 11.8 Å². The molecule has 0 aromatic heterocycles. The van der Waals surface area contributed by atoms with Crippen molar-refractivity contribution in [3.05, 3.63) is 65.2 Å². The van der Waals surface area contributed by atoms with Crippen LogP contribution in [0.2, 0.25) is 0 Å². The molecule has 2 aromatic carbocycles. The van der Waals surface area contributed by atoms with Crippen molar-refractivity contribution in [1.29, 1.82) is 0 Å². The van der Waals surface area contributed by atoms with Gasteiger partial charge >= 0.3 is 0 Å². The Bertz CT molecular complexity index is 657. The first kappa shape index (κ1) is 15.6. The molecule has 0 heterocycles. The van der Waals surface area contributed by atoms with E-state index in [4.69, 9.17) is 5.11 Å². The summed E-state index contributed by atoms with van der Waals surface area (Å²) >= 11 is 1.45. The molecule has 2 aromatic rings. The second-order valence-electron chi connectivity index (χ2n) is 4.34. The van der Waals surface area contributed by atoms with E-state index in [1.807, 2.05) is 24.3 Å². The van der Waals surface area contributed by atoms with Crippen LogP contribution in [-0.4, -0.2) is 11.7 Å². The van der Waals surface area contributed by atoms with Gasteiger partial charge in [-0.1, -0.05) is 24.0 Å². The van der Waals surface area contributed by atoms with Gasteiger partial charge in [0.25, 0.3) is 0 Å². The second kappa shape index (κ2) is 7.82. The molecule has 0 radical (unpaired) electrons. The molecule has 0 spiro atoms. The summed E-state index contributed by atoms with van der Waals surface area (Å²) in [5.74, 6) is 4.83. The number of benzene rings is 2. The number of aliphatic hydroxyl groups is 1. The number of halogens is 2. The van der Waals surface area contributed by atoms with E-state index in [0.717, 1.165) is 17.2 Å². The lowest BCUT2D eigenvalue weighted by molar-refractivity contribution is 0.305. The molecule has 0 amide bonds. The zero-order chi connectivity index (χ0) is 15.1. The van der Waals surface area contributed by atoms with Gasteiger partial charge in [-0.3, -0.25) is 0 Å². The fraction of sp³-hybridized carbons (Fsp3) is 0.176. The summed E-state index contributed by atoms with van der Waals surface area (Å²) in [6, 6.07) is 11.6. The lowest BCUT2D eigenvalue weighted by Gasteiger charge is -2.03. The Labute approximate surface area is 127 Å². The maximum absolute atomic E-state index is 13.1. The molecule has 4 heteroatoms. The quantitative estimate of drug-likeness (QED) is 0.681. The second-order valence-corrected chi connectivity index (χ2v) is 5.39. The Kier molecular flexibility index (Phi) is 5.79. The number of aliphatic hydroxyl groups excluding tert-OH is 1. The summed E-state index contributed by atoms with van der Waals surface area (Å²) in [4.78, 5) is 0.695. The predicted octanol–water partition coefficient (Wildman–Crippen LogP) is 3.99. The van der Waals surface area contributed by atoms with Gasteiger partial charge in [0.1, 0.15) is 0 Å². The summed E-state index contributed by atoms with van der Waals surface area (Å²) in [5, 5.41) is 8.65. The Hall–Kier alpha value is -1.83. The van der Waals surface area contributed by atoms with Crippen LogP contribution in [0.5, 0.6) is 0 Å². The molecule has 21 heavy (non-hydrogen) atoms. The van der Waals surface area contributed by atoms with Crippen molar-refractivity contribution < 1.29 is 13.9 Å². The van der Waals surface area contributed by atoms with Crippen LogP contribution < -0.4 is 0 Å². The summed E-state index contributed by atoms with van der Waals surface area (Å²) < 4.78 is 25.9. The molecule has 1 N–H and O–H groups in total. The van der Waals surface area contributed by atoms with E-state index in [1.165, 1.54) is 17.8 Å². The maximum atomic E-state index is 13.1. The Balaban J connectivity index is 1.94. The first-order valence-corrected chi connectivity index (χ1v) is 7.44. The van der Waals surface area contributed by atoms with Crippen LogP contribution in [0.4, 0.5) is 8.78 Å². The van der Waals surface area contributed by atoms with E-state index in [2.05, 4.69) is 11.8 Å². The number of rotatable bonds is 4. The third kappa shape index (κ3) is 4.89. The predicted molar refractivity (Wildman–Crippen MR) is 80.9 cm³/mol. The van der Waals surface area contributed by atoms with Gasteiger partial charge in [-0.05, 0) is 35.9 Å². The van der Waals surface area contributed by atoms with Crippen molar-refractivity contribution in [2.45, 2.75) is 17.1 Å². The third-order valence-electron chi connectivity index (χ3n) is 2.72. The van der Waals surface area contributed by atoms with Crippen LogP contribution in [0.3, 0.4) is 0 Å². The van der Waals surface area contributed by atoms with Crippen molar-refractivity contribution in [2.24, 2.45) is 0 Å². The summed E-state index contributed by atoms with van der Waals surface area (Å²) in [5.41, 5.74) is 1.97. The molecule has 1 nitrogen and oxygen atoms in total. The van der Waals surface area contributed by atoms with Crippen molar-refractivity contribution in [3.63, 3.8) is 0 Å². The molecular weight excluding hydrogens is 290 g/mol. The van der Waals surface area contributed by atoms with E-state index in [9.17, 15) is 8.78 Å². The van der Waals surface area contributed by atoms with Gasteiger partial charge < -0.3 is 5.11 Å². The number of thioether (sulfide) groups is 1. The van der Waals surface area contributed by atoms with E-state index in [0.29, 0.717) is 17.1 Å². The zero-order valence-corrected chi connectivity index (χ0v) is 12.1. The monoisotopic (exact) mass is 304 g/mol. The molecule has 0 aliphatic carbocycles.